The number of aromatic nitrogens is 2. The molecule has 160 valence electrons. The minimum absolute atomic E-state index is 0.00530. The average molecular weight is 434 g/mol. The molecule has 1 amide bonds. The molecular formula is C21H15F5N4O. The van der Waals surface area contributed by atoms with Gasteiger partial charge in [-0.1, -0.05) is 18.2 Å². The summed E-state index contributed by atoms with van der Waals surface area (Å²) in [4.78, 5) is 20.5. The highest BCUT2D eigenvalue weighted by atomic mass is 19.4. The normalized spacial score (nSPS) is 14.2. The van der Waals surface area contributed by atoms with Gasteiger partial charge in [-0.25, -0.2) is 18.7 Å². The van der Waals surface area contributed by atoms with Crippen LogP contribution < -0.4 is 10.6 Å². The van der Waals surface area contributed by atoms with E-state index in [0.717, 1.165) is 19.1 Å². The number of amides is 1. The van der Waals surface area contributed by atoms with Gasteiger partial charge < -0.3 is 10.6 Å². The number of alkyl halides is 3. The first-order chi connectivity index (χ1) is 14.6. The van der Waals surface area contributed by atoms with Gasteiger partial charge >= 0.3 is 6.18 Å². The van der Waals surface area contributed by atoms with Crippen LogP contribution in [0.25, 0.3) is 11.4 Å². The molecule has 4 rings (SSSR count). The maximum absolute atomic E-state index is 14.2. The highest BCUT2D eigenvalue weighted by Gasteiger charge is 2.37. The maximum atomic E-state index is 14.2. The smallest absolute Gasteiger partial charge is 0.346 e. The van der Waals surface area contributed by atoms with Crippen LogP contribution in [0.3, 0.4) is 0 Å². The molecule has 1 aromatic heterocycles. The summed E-state index contributed by atoms with van der Waals surface area (Å²) in [5, 5.41) is 5.42. The van der Waals surface area contributed by atoms with Crippen LogP contribution in [0.5, 0.6) is 0 Å². The number of hydrogen-bond donors (Lipinski definition) is 2. The van der Waals surface area contributed by atoms with Gasteiger partial charge in [0, 0.05) is 5.69 Å². The van der Waals surface area contributed by atoms with E-state index in [0.29, 0.717) is 5.69 Å². The molecule has 0 aliphatic carbocycles. The van der Waals surface area contributed by atoms with Crippen molar-refractivity contribution in [2.75, 3.05) is 5.32 Å². The fourth-order valence-electron chi connectivity index (χ4n) is 3.22. The van der Waals surface area contributed by atoms with Gasteiger partial charge in [-0.3, -0.25) is 4.79 Å². The summed E-state index contributed by atoms with van der Waals surface area (Å²) < 4.78 is 67.2. The SMILES string of the molecule is CC(c1ccc(Nc2nc(-c3c(F)cccc3F)nc3c2C(=O)NC3)cc1)C(F)(F)F. The monoisotopic (exact) mass is 434 g/mol. The number of fused-ring (bicyclic) bond motifs is 1. The first-order valence-corrected chi connectivity index (χ1v) is 9.22. The molecule has 5 nitrogen and oxygen atoms in total. The number of rotatable bonds is 4. The van der Waals surface area contributed by atoms with E-state index in [2.05, 4.69) is 20.6 Å². The van der Waals surface area contributed by atoms with Crippen molar-refractivity contribution in [2.24, 2.45) is 0 Å². The van der Waals surface area contributed by atoms with Crippen LogP contribution >= 0.6 is 0 Å². The summed E-state index contributed by atoms with van der Waals surface area (Å²) in [6.45, 7) is 1.11. The average Bonchev–Trinajstić information content (AvgIpc) is 3.08. The van der Waals surface area contributed by atoms with Gasteiger partial charge in [0.05, 0.1) is 23.7 Å². The third kappa shape index (κ3) is 3.92. The molecule has 1 atom stereocenters. The van der Waals surface area contributed by atoms with Crippen LogP contribution in [-0.2, 0) is 6.54 Å². The second kappa shape index (κ2) is 7.60. The standard InChI is InChI=1S/C21H15F5N4O/c1-10(21(24,25)26)11-5-7-12(8-6-11)28-19-17-15(9-27-20(17)31)29-18(30-19)16-13(22)3-2-4-14(16)23/h2-8,10H,9H2,1H3,(H,27,31)(H,28,29,30). The molecule has 2 heterocycles. The molecular weight excluding hydrogens is 419 g/mol. The van der Waals surface area contributed by atoms with Gasteiger partial charge in [0.25, 0.3) is 5.91 Å². The molecule has 0 spiro atoms. The third-order valence-corrected chi connectivity index (χ3v) is 4.98. The Labute approximate surface area is 173 Å². The molecule has 31 heavy (non-hydrogen) atoms. The van der Waals surface area contributed by atoms with Crippen LogP contribution in [0, 0.1) is 11.6 Å². The van der Waals surface area contributed by atoms with E-state index in [1.807, 2.05) is 0 Å². The molecule has 2 N–H and O–H groups in total. The predicted molar refractivity (Wildman–Crippen MR) is 103 cm³/mol. The second-order valence-corrected chi connectivity index (χ2v) is 7.01. The quantitative estimate of drug-likeness (QED) is 0.563. The van der Waals surface area contributed by atoms with Crippen molar-refractivity contribution in [3.63, 3.8) is 0 Å². The largest absolute Gasteiger partial charge is 0.395 e. The Balaban J connectivity index is 1.73. The van der Waals surface area contributed by atoms with Crippen LogP contribution in [0.15, 0.2) is 42.5 Å². The molecule has 10 heteroatoms. The van der Waals surface area contributed by atoms with E-state index in [-0.39, 0.29) is 35.0 Å². The number of nitrogens with zero attached hydrogens (tertiary/aromatic N) is 2. The lowest BCUT2D eigenvalue weighted by molar-refractivity contribution is -0.146. The van der Waals surface area contributed by atoms with Crippen molar-refractivity contribution in [2.45, 2.75) is 25.6 Å². The topological polar surface area (TPSA) is 66.9 Å². The van der Waals surface area contributed by atoms with Crippen molar-refractivity contribution in [1.29, 1.82) is 0 Å². The molecule has 1 aliphatic heterocycles. The van der Waals surface area contributed by atoms with Crippen LogP contribution in [0.4, 0.5) is 33.5 Å². The Morgan fingerprint density at radius 3 is 2.26 bits per heavy atom. The minimum atomic E-state index is -4.38. The maximum Gasteiger partial charge on any atom is 0.395 e. The molecule has 1 unspecified atom stereocenters. The van der Waals surface area contributed by atoms with Gasteiger partial charge in [-0.05, 0) is 36.8 Å². The van der Waals surface area contributed by atoms with E-state index in [4.69, 9.17) is 0 Å². The van der Waals surface area contributed by atoms with Crippen molar-refractivity contribution < 1.29 is 26.7 Å². The van der Waals surface area contributed by atoms with Crippen LogP contribution in [0.2, 0.25) is 0 Å². The summed E-state index contributed by atoms with van der Waals surface area (Å²) in [7, 11) is 0. The fraction of sp³-hybridized carbons (Fsp3) is 0.190. The van der Waals surface area contributed by atoms with E-state index < -0.39 is 35.2 Å². The first kappa shape index (κ1) is 20.7. The first-order valence-electron chi connectivity index (χ1n) is 9.22. The molecule has 0 radical (unpaired) electrons. The Morgan fingerprint density at radius 1 is 1.00 bits per heavy atom. The lowest BCUT2D eigenvalue weighted by Gasteiger charge is -2.16. The van der Waals surface area contributed by atoms with Crippen molar-refractivity contribution in [3.8, 4) is 11.4 Å². The summed E-state index contributed by atoms with van der Waals surface area (Å²) >= 11 is 0. The van der Waals surface area contributed by atoms with E-state index in [1.54, 1.807) is 0 Å². The Kier molecular flexibility index (Phi) is 5.08. The van der Waals surface area contributed by atoms with Crippen LogP contribution in [0.1, 0.15) is 34.5 Å². The summed E-state index contributed by atoms with van der Waals surface area (Å²) in [5.41, 5.74) is 0.328. The zero-order chi connectivity index (χ0) is 22.3. The molecule has 1 aliphatic rings. The number of nitrogens with one attached hydrogen (secondary N) is 2. The predicted octanol–water partition coefficient (Wildman–Crippen LogP) is 5.07. The molecule has 0 fully saturated rings. The second-order valence-electron chi connectivity index (χ2n) is 7.01. The van der Waals surface area contributed by atoms with E-state index in [1.165, 1.54) is 30.3 Å². The molecule has 0 bridgehead atoms. The molecule has 3 aromatic rings. The lowest BCUT2D eigenvalue weighted by Crippen LogP contribution is -2.17. The third-order valence-electron chi connectivity index (χ3n) is 4.98. The van der Waals surface area contributed by atoms with Crippen molar-refractivity contribution in [3.05, 3.63) is 70.9 Å². The van der Waals surface area contributed by atoms with Gasteiger partial charge in [-0.2, -0.15) is 13.2 Å². The summed E-state index contributed by atoms with van der Waals surface area (Å²) in [6.07, 6.45) is -4.38. The van der Waals surface area contributed by atoms with Gasteiger partial charge in [0.15, 0.2) is 5.82 Å². The van der Waals surface area contributed by atoms with Crippen molar-refractivity contribution >= 4 is 17.4 Å². The number of hydrogen-bond acceptors (Lipinski definition) is 4. The van der Waals surface area contributed by atoms with E-state index in [9.17, 15) is 26.7 Å². The van der Waals surface area contributed by atoms with Gasteiger partial charge in [0.2, 0.25) is 0 Å². The Morgan fingerprint density at radius 2 is 1.65 bits per heavy atom. The number of carbonyl (C=O) groups is 1. The van der Waals surface area contributed by atoms with Gasteiger partial charge in [0.1, 0.15) is 23.0 Å². The number of carbonyl (C=O) groups excluding carboxylic acids is 1. The zero-order valence-corrected chi connectivity index (χ0v) is 16.0. The fourth-order valence-corrected chi connectivity index (χ4v) is 3.22. The molecule has 0 saturated heterocycles. The number of halogens is 5. The molecule has 0 saturated carbocycles. The van der Waals surface area contributed by atoms with E-state index >= 15 is 0 Å². The lowest BCUT2D eigenvalue weighted by atomic mass is 10.0. The minimum Gasteiger partial charge on any atom is -0.346 e. The Bertz CT molecular complexity index is 1140. The molecule has 2 aromatic carbocycles. The summed E-state index contributed by atoms with van der Waals surface area (Å²) in [5.74, 6) is -4.11. The van der Waals surface area contributed by atoms with Gasteiger partial charge in [-0.15, -0.1) is 0 Å². The van der Waals surface area contributed by atoms with Crippen molar-refractivity contribution in [1.82, 2.24) is 15.3 Å². The van der Waals surface area contributed by atoms with Crippen LogP contribution in [-0.4, -0.2) is 22.1 Å². The number of anilines is 2. The Hall–Kier alpha value is -3.56. The highest BCUT2D eigenvalue weighted by molar-refractivity contribution is 6.03. The zero-order valence-electron chi connectivity index (χ0n) is 16.0. The summed E-state index contributed by atoms with van der Waals surface area (Å²) in [6, 6.07) is 8.75. The highest BCUT2D eigenvalue weighted by Crippen LogP contribution is 2.35. The number of benzene rings is 2.